The first kappa shape index (κ1) is 33.0. The smallest absolute Gasteiger partial charge is 0.318 e. The molecule has 0 saturated carbocycles. The highest BCUT2D eigenvalue weighted by Gasteiger charge is 2.32. The minimum absolute atomic E-state index is 0. The Morgan fingerprint density at radius 1 is 0.692 bits per heavy atom. The molecular formula is C14H28Br2Cl2N4O4. The summed E-state index contributed by atoms with van der Waals surface area (Å²) in [4.78, 5) is 43.3. The van der Waals surface area contributed by atoms with Crippen LogP contribution in [-0.4, -0.2) is 32.5 Å². The van der Waals surface area contributed by atoms with Crippen LogP contribution in [0.4, 0.5) is 9.59 Å². The van der Waals surface area contributed by atoms with Crippen LogP contribution in [0.3, 0.4) is 0 Å². The molecule has 0 aliphatic rings. The van der Waals surface area contributed by atoms with Crippen molar-refractivity contribution in [2.45, 2.75) is 62.0 Å². The predicted octanol–water partition coefficient (Wildman–Crippen LogP) is 3.11. The number of rotatable bonds is 6. The lowest BCUT2D eigenvalue weighted by atomic mass is 10.0. The third-order valence-corrected chi connectivity index (χ3v) is 6.49. The number of halogens is 4. The van der Waals surface area contributed by atoms with E-state index >= 15 is 0 Å². The van der Waals surface area contributed by atoms with Crippen LogP contribution in [0, 0.1) is 0 Å². The van der Waals surface area contributed by atoms with E-state index in [1.165, 1.54) is 0 Å². The Labute approximate surface area is 183 Å². The third-order valence-electron chi connectivity index (χ3n) is 3.53. The van der Waals surface area contributed by atoms with Gasteiger partial charge < -0.3 is 11.5 Å². The summed E-state index contributed by atoms with van der Waals surface area (Å²) in [5.74, 6) is -0.750. The fourth-order valence-electron chi connectivity index (χ4n) is 1.59. The zero-order valence-electron chi connectivity index (χ0n) is 15.2. The summed E-state index contributed by atoms with van der Waals surface area (Å²) in [6.45, 7) is 7.44. The van der Waals surface area contributed by atoms with E-state index in [9.17, 15) is 19.2 Å². The Balaban J connectivity index is -0.000000173. The topological polar surface area (TPSA) is 144 Å². The molecule has 12 heteroatoms. The summed E-state index contributed by atoms with van der Waals surface area (Å²) >= 11 is 6.51. The Kier molecular flexibility index (Phi) is 19.7. The molecule has 0 spiro atoms. The Morgan fingerprint density at radius 3 is 1.00 bits per heavy atom. The SMILES string of the molecule is CCC(Br)(CC)C(=O)NC(N)=O.CCC(Br)(CC)C(=O)NC(N)=O.Cl.Cl. The molecule has 0 aliphatic heterocycles. The maximum Gasteiger partial charge on any atom is 0.318 e. The summed E-state index contributed by atoms with van der Waals surface area (Å²) < 4.78 is -1.33. The molecule has 0 saturated heterocycles. The summed E-state index contributed by atoms with van der Waals surface area (Å²) in [6.07, 6.45) is 2.45. The monoisotopic (exact) mass is 544 g/mol. The van der Waals surface area contributed by atoms with Crippen molar-refractivity contribution >= 4 is 80.6 Å². The van der Waals surface area contributed by atoms with Crippen molar-refractivity contribution < 1.29 is 19.2 Å². The zero-order valence-corrected chi connectivity index (χ0v) is 20.0. The first-order valence-corrected chi connectivity index (χ1v) is 9.10. The highest BCUT2D eigenvalue weighted by atomic mass is 79.9. The van der Waals surface area contributed by atoms with E-state index in [-0.39, 0.29) is 36.6 Å². The van der Waals surface area contributed by atoms with Crippen LogP contribution in [0.2, 0.25) is 0 Å². The second-order valence-corrected chi connectivity index (χ2v) is 8.02. The molecule has 0 fully saturated rings. The van der Waals surface area contributed by atoms with Crippen molar-refractivity contribution in [2.75, 3.05) is 0 Å². The number of hydrogen-bond donors (Lipinski definition) is 4. The first-order chi connectivity index (χ1) is 10.9. The summed E-state index contributed by atoms with van der Waals surface area (Å²) in [7, 11) is 0. The zero-order chi connectivity index (χ0) is 19.6. The maximum atomic E-state index is 11.3. The van der Waals surface area contributed by atoms with Crippen LogP contribution in [0.25, 0.3) is 0 Å². The van der Waals surface area contributed by atoms with Gasteiger partial charge in [0.2, 0.25) is 11.8 Å². The molecule has 8 nitrogen and oxygen atoms in total. The van der Waals surface area contributed by atoms with E-state index in [0.717, 1.165) is 0 Å². The van der Waals surface area contributed by atoms with Gasteiger partial charge in [-0.25, -0.2) is 9.59 Å². The van der Waals surface area contributed by atoms with Crippen molar-refractivity contribution in [3.63, 3.8) is 0 Å². The number of imide groups is 2. The number of alkyl halides is 2. The van der Waals surface area contributed by atoms with Gasteiger partial charge in [-0.2, -0.15) is 0 Å². The molecule has 6 amide bonds. The van der Waals surface area contributed by atoms with Gasteiger partial charge in [-0.15, -0.1) is 24.8 Å². The Hall–Kier alpha value is -0.580. The number of carbonyl (C=O) groups excluding carboxylic acids is 4. The summed E-state index contributed by atoms with van der Waals surface area (Å²) in [5.41, 5.74) is 9.62. The van der Waals surface area contributed by atoms with E-state index in [4.69, 9.17) is 11.5 Å². The van der Waals surface area contributed by atoms with E-state index in [1.807, 2.05) is 38.3 Å². The first-order valence-electron chi connectivity index (χ1n) is 7.51. The van der Waals surface area contributed by atoms with Gasteiger partial charge in [0, 0.05) is 0 Å². The molecular weight excluding hydrogens is 519 g/mol. The van der Waals surface area contributed by atoms with Crippen molar-refractivity contribution in [2.24, 2.45) is 11.5 Å². The number of primary amides is 2. The molecule has 0 atom stereocenters. The van der Waals surface area contributed by atoms with Crippen molar-refractivity contribution in [3.05, 3.63) is 0 Å². The number of nitrogens with one attached hydrogen (secondary N) is 2. The summed E-state index contributed by atoms with van der Waals surface area (Å²) in [6, 6.07) is -1.63. The van der Waals surface area contributed by atoms with Crippen LogP contribution >= 0.6 is 56.7 Å². The largest absolute Gasteiger partial charge is 0.351 e. The van der Waals surface area contributed by atoms with Gasteiger partial charge in [-0.05, 0) is 25.7 Å². The van der Waals surface area contributed by atoms with E-state index in [0.29, 0.717) is 25.7 Å². The molecule has 0 radical (unpaired) electrons. The maximum absolute atomic E-state index is 11.3. The molecule has 0 heterocycles. The number of carbonyl (C=O) groups is 4. The van der Waals surface area contributed by atoms with Crippen LogP contribution < -0.4 is 22.1 Å². The highest BCUT2D eigenvalue weighted by Crippen LogP contribution is 2.26. The molecule has 0 aromatic heterocycles. The van der Waals surface area contributed by atoms with E-state index in [2.05, 4.69) is 31.9 Å². The molecule has 6 N–H and O–H groups in total. The molecule has 0 bridgehead atoms. The number of hydrogen-bond acceptors (Lipinski definition) is 4. The standard InChI is InChI=1S/2C7H13BrN2O2.2ClH/c2*1-3-7(8,4-2)5(11)10-6(9)12;;/h2*3-4H2,1-2H3,(H3,9,10,11,12);2*1H. The van der Waals surface area contributed by atoms with Crippen LogP contribution in [0.1, 0.15) is 53.4 Å². The van der Waals surface area contributed by atoms with E-state index in [1.54, 1.807) is 0 Å². The van der Waals surface area contributed by atoms with Crippen LogP contribution in [0.5, 0.6) is 0 Å². The van der Waals surface area contributed by atoms with Gasteiger partial charge in [-0.1, -0.05) is 59.6 Å². The average Bonchev–Trinajstić information content (AvgIpc) is 2.52. The van der Waals surface area contributed by atoms with Gasteiger partial charge in [-0.3, -0.25) is 20.2 Å². The predicted molar refractivity (Wildman–Crippen MR) is 114 cm³/mol. The Morgan fingerprint density at radius 2 is 0.885 bits per heavy atom. The lowest BCUT2D eigenvalue weighted by molar-refractivity contribution is -0.123. The van der Waals surface area contributed by atoms with Crippen LogP contribution in [0.15, 0.2) is 0 Å². The van der Waals surface area contributed by atoms with Crippen molar-refractivity contribution in [3.8, 4) is 0 Å². The molecule has 0 rings (SSSR count). The molecule has 0 aromatic rings. The summed E-state index contributed by atoms with van der Waals surface area (Å²) in [5, 5.41) is 4.08. The minimum atomic E-state index is -0.814. The van der Waals surface area contributed by atoms with Gasteiger partial charge in [0.05, 0.1) is 0 Å². The van der Waals surface area contributed by atoms with E-state index < -0.39 is 20.7 Å². The minimum Gasteiger partial charge on any atom is -0.351 e. The number of nitrogens with two attached hydrogens (primary N) is 2. The second-order valence-electron chi connectivity index (χ2n) is 4.98. The van der Waals surface area contributed by atoms with Crippen LogP contribution in [-0.2, 0) is 9.59 Å². The lowest BCUT2D eigenvalue weighted by Gasteiger charge is -2.21. The fraction of sp³-hybridized carbons (Fsp3) is 0.714. The number of urea groups is 2. The quantitative estimate of drug-likeness (QED) is 0.379. The van der Waals surface area contributed by atoms with Gasteiger partial charge in [0.25, 0.3) is 0 Å². The van der Waals surface area contributed by atoms with Gasteiger partial charge in [0.15, 0.2) is 0 Å². The average molecular weight is 547 g/mol. The molecule has 0 aromatic carbocycles. The molecule has 0 aliphatic carbocycles. The van der Waals surface area contributed by atoms with Gasteiger partial charge in [0.1, 0.15) is 8.65 Å². The molecule has 156 valence electrons. The van der Waals surface area contributed by atoms with Crippen molar-refractivity contribution in [1.29, 1.82) is 0 Å². The second kappa shape index (κ2) is 15.5. The Bertz CT molecular complexity index is 432. The fourth-order valence-corrected chi connectivity index (χ4v) is 1.79. The molecule has 0 unspecified atom stereocenters. The van der Waals surface area contributed by atoms with Gasteiger partial charge >= 0.3 is 12.1 Å². The normalized spacial score (nSPS) is 10.1. The molecule has 26 heavy (non-hydrogen) atoms. The van der Waals surface area contributed by atoms with Crippen molar-refractivity contribution in [1.82, 2.24) is 10.6 Å². The highest BCUT2D eigenvalue weighted by molar-refractivity contribution is 9.10. The number of amides is 6. The third kappa shape index (κ3) is 11.9. The lowest BCUT2D eigenvalue weighted by Crippen LogP contribution is -2.46.